The quantitative estimate of drug-likeness (QED) is 0.785. The van der Waals surface area contributed by atoms with Gasteiger partial charge in [-0.3, -0.25) is 4.79 Å². The summed E-state index contributed by atoms with van der Waals surface area (Å²) in [6.45, 7) is 1.43. The number of nitrogens with one attached hydrogen (secondary N) is 1. The number of rotatable bonds is 3. The van der Waals surface area contributed by atoms with Gasteiger partial charge in [-0.15, -0.1) is 11.6 Å². The minimum absolute atomic E-state index is 0.201. The summed E-state index contributed by atoms with van der Waals surface area (Å²) < 4.78 is 5.35. The van der Waals surface area contributed by atoms with Gasteiger partial charge in [-0.05, 0) is 37.5 Å². The lowest BCUT2D eigenvalue weighted by atomic mass is 9.91. The Morgan fingerprint density at radius 1 is 1.29 bits per heavy atom. The first kappa shape index (κ1) is 11.8. The van der Waals surface area contributed by atoms with E-state index in [0.29, 0.717) is 36.8 Å². The summed E-state index contributed by atoms with van der Waals surface area (Å²) in [6.07, 6.45) is 5.52. The molecule has 1 heterocycles. The van der Waals surface area contributed by atoms with Crippen LogP contribution in [-0.2, 0) is 9.53 Å². The summed E-state index contributed by atoms with van der Waals surface area (Å²) in [4.78, 5) is 12.2. The third-order valence-corrected chi connectivity index (χ3v) is 5.31. The number of halogens is 1. The van der Waals surface area contributed by atoms with E-state index < -0.39 is 0 Å². The molecule has 3 fully saturated rings. The monoisotopic (exact) mass is 257 g/mol. The van der Waals surface area contributed by atoms with Crippen LogP contribution in [0.5, 0.6) is 0 Å². The Balaban J connectivity index is 1.59. The predicted molar refractivity (Wildman–Crippen MR) is 66.0 cm³/mol. The fourth-order valence-electron chi connectivity index (χ4n) is 3.61. The molecule has 4 heteroatoms. The predicted octanol–water partition coefficient (Wildman–Crippen LogP) is 1.94. The van der Waals surface area contributed by atoms with E-state index in [2.05, 4.69) is 5.32 Å². The molecule has 2 unspecified atom stereocenters. The van der Waals surface area contributed by atoms with Gasteiger partial charge in [-0.25, -0.2) is 0 Å². The first-order valence-corrected chi connectivity index (χ1v) is 7.25. The molecule has 1 N–H and O–H groups in total. The maximum absolute atomic E-state index is 12.2. The van der Waals surface area contributed by atoms with E-state index in [9.17, 15) is 4.79 Å². The van der Waals surface area contributed by atoms with Crippen molar-refractivity contribution in [2.45, 2.75) is 37.6 Å². The number of hydrogen-bond acceptors (Lipinski definition) is 2. The summed E-state index contributed by atoms with van der Waals surface area (Å²) in [5, 5.41) is 3.22. The Hall–Kier alpha value is -0.280. The van der Waals surface area contributed by atoms with E-state index in [1.165, 1.54) is 19.3 Å². The maximum atomic E-state index is 12.2. The van der Waals surface area contributed by atoms with Crippen molar-refractivity contribution in [3.05, 3.63) is 0 Å². The molecular formula is C13H20ClNO2. The SMILES string of the molecule is O=C(NC1(CCl)CCOCC1)C1C2CCCC21. The summed E-state index contributed by atoms with van der Waals surface area (Å²) in [7, 11) is 0. The Morgan fingerprint density at radius 3 is 2.53 bits per heavy atom. The first-order chi connectivity index (χ1) is 8.26. The second-order valence-corrected chi connectivity index (χ2v) is 6.07. The van der Waals surface area contributed by atoms with Gasteiger partial charge in [0, 0.05) is 25.0 Å². The molecule has 2 atom stereocenters. The second kappa shape index (κ2) is 4.43. The van der Waals surface area contributed by atoms with Crippen molar-refractivity contribution >= 4 is 17.5 Å². The van der Waals surface area contributed by atoms with Crippen molar-refractivity contribution in [1.29, 1.82) is 0 Å². The molecule has 1 aliphatic heterocycles. The molecule has 3 rings (SSSR count). The van der Waals surface area contributed by atoms with Crippen LogP contribution in [0, 0.1) is 17.8 Å². The highest BCUT2D eigenvalue weighted by Gasteiger charge is 2.57. The average Bonchev–Trinajstić information content (AvgIpc) is 2.85. The topological polar surface area (TPSA) is 38.3 Å². The number of alkyl halides is 1. The zero-order valence-corrected chi connectivity index (χ0v) is 10.8. The van der Waals surface area contributed by atoms with E-state index in [1.54, 1.807) is 0 Å². The normalized spacial score (nSPS) is 38.5. The smallest absolute Gasteiger partial charge is 0.224 e. The van der Waals surface area contributed by atoms with Crippen molar-refractivity contribution in [2.75, 3.05) is 19.1 Å². The van der Waals surface area contributed by atoms with Gasteiger partial charge in [0.1, 0.15) is 0 Å². The van der Waals surface area contributed by atoms with Gasteiger partial charge in [0.2, 0.25) is 5.91 Å². The lowest BCUT2D eigenvalue weighted by molar-refractivity contribution is -0.125. The van der Waals surface area contributed by atoms with E-state index in [-0.39, 0.29) is 11.4 Å². The van der Waals surface area contributed by atoms with Crippen molar-refractivity contribution in [3.63, 3.8) is 0 Å². The van der Waals surface area contributed by atoms with Crippen LogP contribution in [0.2, 0.25) is 0 Å². The molecule has 2 saturated carbocycles. The highest BCUT2D eigenvalue weighted by Crippen LogP contribution is 2.57. The van der Waals surface area contributed by atoms with Crippen molar-refractivity contribution in [2.24, 2.45) is 17.8 Å². The average molecular weight is 258 g/mol. The van der Waals surface area contributed by atoms with Gasteiger partial charge < -0.3 is 10.1 Å². The molecule has 0 aromatic rings. The van der Waals surface area contributed by atoms with Gasteiger partial charge in [0.25, 0.3) is 0 Å². The van der Waals surface area contributed by atoms with Gasteiger partial charge in [-0.1, -0.05) is 6.42 Å². The minimum Gasteiger partial charge on any atom is -0.381 e. The molecule has 0 spiro atoms. The molecule has 0 radical (unpaired) electrons. The van der Waals surface area contributed by atoms with Crippen LogP contribution in [-0.4, -0.2) is 30.5 Å². The highest BCUT2D eigenvalue weighted by molar-refractivity contribution is 6.18. The number of carbonyl (C=O) groups excluding carboxylic acids is 1. The number of fused-ring (bicyclic) bond motifs is 1. The first-order valence-electron chi connectivity index (χ1n) is 6.71. The Labute approximate surface area is 107 Å². The highest BCUT2D eigenvalue weighted by atomic mass is 35.5. The molecule has 1 saturated heterocycles. The summed E-state index contributed by atoms with van der Waals surface area (Å²) in [5.74, 6) is 2.42. The number of amides is 1. The van der Waals surface area contributed by atoms with E-state index in [0.717, 1.165) is 12.8 Å². The maximum Gasteiger partial charge on any atom is 0.224 e. The van der Waals surface area contributed by atoms with Crippen LogP contribution in [0.3, 0.4) is 0 Å². The zero-order chi connectivity index (χ0) is 11.9. The van der Waals surface area contributed by atoms with Crippen molar-refractivity contribution in [1.82, 2.24) is 5.32 Å². The summed E-state index contributed by atoms with van der Waals surface area (Å²) in [6, 6.07) is 0. The van der Waals surface area contributed by atoms with Crippen LogP contribution in [0.15, 0.2) is 0 Å². The van der Waals surface area contributed by atoms with Gasteiger partial charge in [-0.2, -0.15) is 0 Å². The summed E-state index contributed by atoms with van der Waals surface area (Å²) >= 11 is 6.06. The molecule has 17 heavy (non-hydrogen) atoms. The number of ether oxygens (including phenoxy) is 1. The third kappa shape index (κ3) is 2.08. The molecule has 3 nitrogen and oxygen atoms in total. The Kier molecular flexibility index (Phi) is 3.07. The Bertz CT molecular complexity index is 305. The van der Waals surface area contributed by atoms with Crippen molar-refractivity contribution < 1.29 is 9.53 Å². The third-order valence-electron chi connectivity index (χ3n) is 4.80. The summed E-state index contributed by atoms with van der Waals surface area (Å²) in [5.41, 5.74) is -0.201. The van der Waals surface area contributed by atoms with Crippen molar-refractivity contribution in [3.8, 4) is 0 Å². The molecule has 0 aromatic carbocycles. The molecule has 0 bridgehead atoms. The molecule has 96 valence electrons. The minimum atomic E-state index is -0.201. The van der Waals surface area contributed by atoms with E-state index >= 15 is 0 Å². The molecule has 1 amide bonds. The molecule has 3 aliphatic rings. The van der Waals surface area contributed by atoms with Crippen LogP contribution in [0.1, 0.15) is 32.1 Å². The Morgan fingerprint density at radius 2 is 1.94 bits per heavy atom. The molecule has 0 aromatic heterocycles. The number of hydrogen-bond donors (Lipinski definition) is 1. The fraction of sp³-hybridized carbons (Fsp3) is 0.923. The van der Waals surface area contributed by atoms with Crippen LogP contribution in [0.25, 0.3) is 0 Å². The van der Waals surface area contributed by atoms with Crippen LogP contribution in [0.4, 0.5) is 0 Å². The molecular weight excluding hydrogens is 238 g/mol. The fourth-order valence-corrected chi connectivity index (χ4v) is 3.94. The van der Waals surface area contributed by atoms with Crippen LogP contribution >= 0.6 is 11.6 Å². The largest absolute Gasteiger partial charge is 0.381 e. The van der Waals surface area contributed by atoms with Crippen LogP contribution < -0.4 is 5.32 Å². The van der Waals surface area contributed by atoms with Gasteiger partial charge in [0.05, 0.1) is 5.54 Å². The number of carbonyl (C=O) groups is 1. The lowest BCUT2D eigenvalue weighted by Gasteiger charge is -2.36. The van der Waals surface area contributed by atoms with E-state index in [1.807, 2.05) is 0 Å². The van der Waals surface area contributed by atoms with Gasteiger partial charge in [0.15, 0.2) is 0 Å². The molecule has 2 aliphatic carbocycles. The van der Waals surface area contributed by atoms with E-state index in [4.69, 9.17) is 16.3 Å². The standard InChI is InChI=1S/C13H20ClNO2/c14-8-13(4-6-17-7-5-13)15-12(16)11-9-2-1-3-10(9)11/h9-11H,1-8H2,(H,15,16). The lowest BCUT2D eigenvalue weighted by Crippen LogP contribution is -2.54. The zero-order valence-electron chi connectivity index (χ0n) is 10.1. The van der Waals surface area contributed by atoms with Gasteiger partial charge >= 0.3 is 0 Å². The second-order valence-electron chi connectivity index (χ2n) is 5.80.